The smallest absolute Gasteiger partial charge is 0.332 e. The number of esters is 1. The molecule has 0 radical (unpaired) electrons. The Morgan fingerprint density at radius 3 is 2.40 bits per heavy atom. The summed E-state index contributed by atoms with van der Waals surface area (Å²) in [7, 11) is 2.94. The van der Waals surface area contributed by atoms with Crippen LogP contribution in [-0.2, 0) is 23.6 Å². The third-order valence-electron chi connectivity index (χ3n) is 3.04. The van der Waals surface area contributed by atoms with Gasteiger partial charge < -0.3 is 10.1 Å². The normalized spacial score (nSPS) is 12.3. The molecule has 1 heterocycles. The number of carbonyl (C=O) groups excluding carboxylic acids is 1. The van der Waals surface area contributed by atoms with Crippen molar-refractivity contribution in [1.82, 2.24) is 9.13 Å². The van der Waals surface area contributed by atoms with E-state index in [2.05, 4.69) is 5.32 Å². The Kier molecular flexibility index (Phi) is 5.12. The number of carbonyl (C=O) groups is 1. The van der Waals surface area contributed by atoms with Crippen molar-refractivity contribution in [2.24, 2.45) is 20.0 Å². The van der Waals surface area contributed by atoms with Gasteiger partial charge in [-0.1, -0.05) is 13.8 Å². The second kappa shape index (κ2) is 6.40. The number of hydrogen-bond acceptors (Lipinski definition) is 5. The lowest BCUT2D eigenvalue weighted by Gasteiger charge is -2.22. The third kappa shape index (κ3) is 3.28. The van der Waals surface area contributed by atoms with E-state index in [0.29, 0.717) is 5.82 Å². The fourth-order valence-corrected chi connectivity index (χ4v) is 1.76. The number of aromatic nitrogens is 2. The average Bonchev–Trinajstić information content (AvgIpc) is 2.38. The van der Waals surface area contributed by atoms with E-state index in [9.17, 15) is 14.4 Å². The van der Waals surface area contributed by atoms with E-state index >= 15 is 0 Å². The van der Waals surface area contributed by atoms with Gasteiger partial charge in [0.15, 0.2) is 0 Å². The van der Waals surface area contributed by atoms with E-state index < -0.39 is 23.3 Å². The van der Waals surface area contributed by atoms with Crippen molar-refractivity contribution in [2.75, 3.05) is 11.9 Å². The lowest BCUT2D eigenvalue weighted by molar-refractivity contribution is -0.145. The summed E-state index contributed by atoms with van der Waals surface area (Å²) in [6.07, 6.45) is 0. The van der Waals surface area contributed by atoms with Gasteiger partial charge >= 0.3 is 11.7 Å². The Hall–Kier alpha value is -2.05. The third-order valence-corrected chi connectivity index (χ3v) is 3.04. The van der Waals surface area contributed by atoms with Crippen LogP contribution in [0.1, 0.15) is 20.8 Å². The molecule has 0 bridgehead atoms. The van der Waals surface area contributed by atoms with Crippen LogP contribution in [0.4, 0.5) is 5.82 Å². The van der Waals surface area contributed by atoms with E-state index in [-0.39, 0.29) is 12.5 Å². The molecular weight excluding hydrogens is 262 g/mol. The van der Waals surface area contributed by atoms with Crippen LogP contribution in [0.3, 0.4) is 0 Å². The van der Waals surface area contributed by atoms with Crippen LogP contribution in [0.5, 0.6) is 0 Å². The van der Waals surface area contributed by atoms with E-state index in [1.54, 1.807) is 6.92 Å². The average molecular weight is 283 g/mol. The van der Waals surface area contributed by atoms with Crippen molar-refractivity contribution in [3.63, 3.8) is 0 Å². The predicted molar refractivity (Wildman–Crippen MR) is 75.8 cm³/mol. The lowest BCUT2D eigenvalue weighted by Crippen LogP contribution is -2.42. The second-order valence-corrected chi connectivity index (χ2v) is 4.89. The fraction of sp³-hybridized carbons (Fsp3) is 0.615. The van der Waals surface area contributed by atoms with E-state index in [1.807, 2.05) is 13.8 Å². The number of ether oxygens (including phenoxy) is 1. The molecule has 0 unspecified atom stereocenters. The molecule has 112 valence electrons. The molecule has 1 atom stereocenters. The van der Waals surface area contributed by atoms with Gasteiger partial charge in [0, 0.05) is 20.2 Å². The Morgan fingerprint density at radius 1 is 1.30 bits per heavy atom. The molecule has 1 aromatic rings. The first-order valence-corrected chi connectivity index (χ1v) is 6.49. The molecule has 0 aliphatic heterocycles. The maximum atomic E-state index is 11.9. The monoisotopic (exact) mass is 283 g/mol. The minimum absolute atomic E-state index is 0.0480. The Bertz CT molecular complexity index is 601. The zero-order valence-corrected chi connectivity index (χ0v) is 12.5. The quantitative estimate of drug-likeness (QED) is 0.774. The fourth-order valence-electron chi connectivity index (χ4n) is 1.76. The second-order valence-electron chi connectivity index (χ2n) is 4.89. The largest absolute Gasteiger partial charge is 0.464 e. The molecule has 0 aliphatic rings. The summed E-state index contributed by atoms with van der Waals surface area (Å²) in [5.41, 5.74) is -0.881. The number of nitrogens with zero attached hydrogens (tertiary/aromatic N) is 2. The highest BCUT2D eigenvalue weighted by Crippen LogP contribution is 2.11. The van der Waals surface area contributed by atoms with Gasteiger partial charge in [-0.05, 0) is 12.8 Å². The van der Waals surface area contributed by atoms with Crippen LogP contribution in [0, 0.1) is 5.92 Å². The van der Waals surface area contributed by atoms with Gasteiger partial charge in [-0.25, -0.2) is 9.59 Å². The standard InChI is InChI=1S/C13H21N3O4/c1-6-20-12(18)11(8(2)3)14-9-7-10(17)16(5)13(19)15(9)4/h7-8,11,14H,6H2,1-5H3/t11-/m1/s1. The lowest BCUT2D eigenvalue weighted by atomic mass is 10.0. The van der Waals surface area contributed by atoms with Gasteiger partial charge in [-0.15, -0.1) is 0 Å². The molecule has 7 heteroatoms. The van der Waals surface area contributed by atoms with Gasteiger partial charge in [-0.3, -0.25) is 13.9 Å². The van der Waals surface area contributed by atoms with E-state index in [4.69, 9.17) is 4.74 Å². The number of hydrogen-bond donors (Lipinski definition) is 1. The molecule has 0 saturated carbocycles. The minimum atomic E-state index is -0.618. The summed E-state index contributed by atoms with van der Waals surface area (Å²) >= 11 is 0. The van der Waals surface area contributed by atoms with E-state index in [0.717, 1.165) is 4.57 Å². The van der Waals surface area contributed by atoms with Gasteiger partial charge in [0.05, 0.1) is 6.61 Å². The number of anilines is 1. The van der Waals surface area contributed by atoms with Crippen LogP contribution in [-0.4, -0.2) is 27.8 Å². The summed E-state index contributed by atoms with van der Waals surface area (Å²) in [5.74, 6) is -0.159. The summed E-state index contributed by atoms with van der Waals surface area (Å²) < 4.78 is 7.28. The van der Waals surface area contributed by atoms with Crippen molar-refractivity contribution >= 4 is 11.8 Å². The first-order chi connectivity index (χ1) is 9.29. The van der Waals surface area contributed by atoms with Crippen molar-refractivity contribution in [3.8, 4) is 0 Å². The molecule has 7 nitrogen and oxygen atoms in total. The van der Waals surface area contributed by atoms with Crippen LogP contribution < -0.4 is 16.6 Å². The molecule has 20 heavy (non-hydrogen) atoms. The highest BCUT2D eigenvalue weighted by atomic mass is 16.5. The maximum Gasteiger partial charge on any atom is 0.332 e. The zero-order chi connectivity index (χ0) is 15.4. The molecule has 0 aliphatic carbocycles. The number of rotatable bonds is 5. The van der Waals surface area contributed by atoms with E-state index in [1.165, 1.54) is 24.7 Å². The summed E-state index contributed by atoms with van der Waals surface area (Å²) in [4.78, 5) is 35.4. The van der Waals surface area contributed by atoms with Gasteiger partial charge in [0.2, 0.25) is 0 Å². The molecule has 0 saturated heterocycles. The van der Waals surface area contributed by atoms with Crippen molar-refractivity contribution in [1.29, 1.82) is 0 Å². The van der Waals surface area contributed by atoms with Crippen molar-refractivity contribution in [3.05, 3.63) is 26.9 Å². The Morgan fingerprint density at radius 2 is 1.90 bits per heavy atom. The zero-order valence-electron chi connectivity index (χ0n) is 12.5. The molecule has 0 amide bonds. The highest BCUT2D eigenvalue weighted by molar-refractivity contribution is 5.79. The molecule has 1 N–H and O–H groups in total. The Labute approximate surface area is 117 Å². The minimum Gasteiger partial charge on any atom is -0.464 e. The Balaban J connectivity index is 3.16. The summed E-state index contributed by atoms with van der Waals surface area (Å²) in [6, 6.07) is 0.670. The van der Waals surface area contributed by atoms with Crippen LogP contribution in [0.25, 0.3) is 0 Å². The summed E-state index contributed by atoms with van der Waals surface area (Å²) in [5, 5.41) is 2.92. The molecule has 0 spiro atoms. The highest BCUT2D eigenvalue weighted by Gasteiger charge is 2.24. The van der Waals surface area contributed by atoms with Crippen LogP contribution in [0.15, 0.2) is 15.7 Å². The van der Waals surface area contributed by atoms with Gasteiger partial charge in [0.1, 0.15) is 11.9 Å². The van der Waals surface area contributed by atoms with Gasteiger partial charge in [-0.2, -0.15) is 0 Å². The van der Waals surface area contributed by atoms with Crippen LogP contribution in [0.2, 0.25) is 0 Å². The molecule has 1 aromatic heterocycles. The predicted octanol–water partition coefficient (Wildman–Crippen LogP) is 0.0836. The SMILES string of the molecule is CCOC(=O)[C@H](Nc1cc(=O)n(C)c(=O)n1C)C(C)C. The molecular formula is C13H21N3O4. The van der Waals surface area contributed by atoms with Crippen molar-refractivity contribution in [2.45, 2.75) is 26.8 Å². The molecule has 0 fully saturated rings. The number of nitrogens with one attached hydrogen (secondary N) is 1. The first-order valence-electron chi connectivity index (χ1n) is 6.49. The molecule has 0 aromatic carbocycles. The van der Waals surface area contributed by atoms with Crippen LogP contribution >= 0.6 is 0 Å². The summed E-state index contributed by atoms with van der Waals surface area (Å²) in [6.45, 7) is 5.71. The maximum absolute atomic E-state index is 11.9. The van der Waals surface area contributed by atoms with Gasteiger partial charge in [0.25, 0.3) is 5.56 Å². The van der Waals surface area contributed by atoms with Crippen molar-refractivity contribution < 1.29 is 9.53 Å². The molecule has 1 rings (SSSR count). The topological polar surface area (TPSA) is 82.3 Å². The first kappa shape index (κ1) is 16.0.